The highest BCUT2D eigenvalue weighted by molar-refractivity contribution is 5.57. The van der Waals surface area contributed by atoms with E-state index in [1.165, 1.54) is 177 Å². The van der Waals surface area contributed by atoms with Crippen LogP contribution in [0.5, 0.6) is 0 Å². The quantitative estimate of drug-likeness (QED) is 0.253. The van der Waals surface area contributed by atoms with Crippen LogP contribution in [0.4, 0.5) is 0 Å². The Balaban J connectivity index is 1.23. The number of hydrogen-bond donors (Lipinski definition) is 0. The van der Waals surface area contributed by atoms with E-state index in [2.05, 4.69) is 6.07 Å². The Hall–Kier alpha value is -2.83. The Kier molecular flexibility index (Phi) is 10.9. The first-order valence-electron chi connectivity index (χ1n) is 19.3. The second-order valence-corrected chi connectivity index (χ2v) is 15.0. The van der Waals surface area contributed by atoms with Crippen molar-refractivity contribution in [2.24, 2.45) is 0 Å². The average Bonchev–Trinajstić information content (AvgIpc) is 3.73. The zero-order valence-corrected chi connectivity index (χ0v) is 28.1. The lowest BCUT2D eigenvalue weighted by molar-refractivity contribution is 0.517. The molecule has 0 radical (unpaired) electrons. The monoisotopic (exact) mass is 621 g/mol. The number of hydrogen-bond acceptors (Lipinski definition) is 7. The summed E-state index contributed by atoms with van der Waals surface area (Å²) < 4.78 is 0. The molecule has 0 atom stereocenters. The molecule has 0 bridgehead atoms. The highest BCUT2D eigenvalue weighted by atomic mass is 15.2. The lowest BCUT2D eigenvalue weighted by Crippen LogP contribution is -2.15. The minimum atomic E-state index is 0.476. The molecule has 3 aromatic rings. The summed E-state index contributed by atoms with van der Waals surface area (Å²) in [6, 6.07) is 6.12. The normalized spacial score (nSPS) is 22.1. The van der Waals surface area contributed by atoms with Crippen molar-refractivity contribution in [3.8, 4) is 23.0 Å². The molecule has 46 heavy (non-hydrogen) atoms. The Morgan fingerprint density at radius 1 is 0.326 bits per heavy atom. The topological polar surface area (TPSA) is 90.2 Å². The first-order valence-corrected chi connectivity index (χ1v) is 19.3. The van der Waals surface area contributed by atoms with Crippen LogP contribution in [0.1, 0.15) is 201 Å². The molecule has 0 aromatic carbocycles. The van der Waals surface area contributed by atoms with Gasteiger partial charge in [-0.2, -0.15) is 10.2 Å². The number of nitrogens with zero attached hydrogens (tertiary/aromatic N) is 7. The van der Waals surface area contributed by atoms with Crippen molar-refractivity contribution in [2.45, 2.75) is 178 Å². The molecular formula is C39H55N7. The molecule has 4 saturated carbocycles. The van der Waals surface area contributed by atoms with Gasteiger partial charge in [0, 0.05) is 23.7 Å². The SMILES string of the molecule is c1cc(-c2nnc(C3CCCCCC3)c(C3CCCCCC3)n2)nc(-c2nnc(C3CCCCCC3)c(C3CCCCCC3)n2)c1. The second-order valence-electron chi connectivity index (χ2n) is 15.0. The van der Waals surface area contributed by atoms with Crippen LogP contribution in [-0.4, -0.2) is 35.3 Å². The van der Waals surface area contributed by atoms with Crippen molar-refractivity contribution in [1.29, 1.82) is 0 Å². The molecule has 246 valence electrons. The predicted molar refractivity (Wildman–Crippen MR) is 184 cm³/mol. The molecule has 0 aliphatic heterocycles. The molecule has 4 fully saturated rings. The summed E-state index contributed by atoms with van der Waals surface area (Å²) in [5.74, 6) is 3.22. The van der Waals surface area contributed by atoms with E-state index in [0.717, 1.165) is 11.4 Å². The average molecular weight is 622 g/mol. The molecule has 0 spiro atoms. The Labute approximate surface area is 276 Å². The molecule has 0 amide bonds. The molecule has 0 N–H and O–H groups in total. The lowest BCUT2D eigenvalue weighted by Gasteiger charge is -2.22. The van der Waals surface area contributed by atoms with Crippen LogP contribution in [0.15, 0.2) is 18.2 Å². The van der Waals surface area contributed by atoms with Crippen molar-refractivity contribution < 1.29 is 0 Å². The molecule has 4 aliphatic carbocycles. The minimum absolute atomic E-state index is 0.476. The molecule has 0 unspecified atom stereocenters. The summed E-state index contributed by atoms with van der Waals surface area (Å²) in [7, 11) is 0. The number of rotatable bonds is 6. The van der Waals surface area contributed by atoms with E-state index in [0.29, 0.717) is 35.3 Å². The molecule has 3 aromatic heterocycles. The molecule has 0 saturated heterocycles. The molecule has 7 rings (SSSR count). The summed E-state index contributed by atoms with van der Waals surface area (Å²) in [4.78, 5) is 15.8. The van der Waals surface area contributed by atoms with E-state index >= 15 is 0 Å². The van der Waals surface area contributed by atoms with E-state index in [1.54, 1.807) is 0 Å². The number of pyridine rings is 1. The summed E-state index contributed by atoms with van der Waals surface area (Å²) in [6.45, 7) is 0. The van der Waals surface area contributed by atoms with E-state index in [-0.39, 0.29) is 0 Å². The summed E-state index contributed by atoms with van der Waals surface area (Å²) >= 11 is 0. The van der Waals surface area contributed by atoms with Crippen molar-refractivity contribution in [3.05, 3.63) is 41.0 Å². The molecule has 7 nitrogen and oxygen atoms in total. The van der Waals surface area contributed by atoms with Crippen molar-refractivity contribution in [3.63, 3.8) is 0 Å². The summed E-state index contributed by atoms with van der Waals surface area (Å²) in [5, 5.41) is 19.5. The smallest absolute Gasteiger partial charge is 0.200 e. The van der Waals surface area contributed by atoms with Crippen LogP contribution in [0.25, 0.3) is 23.0 Å². The second kappa shape index (κ2) is 15.8. The van der Waals surface area contributed by atoms with Crippen LogP contribution in [0, 0.1) is 0 Å². The van der Waals surface area contributed by atoms with Crippen molar-refractivity contribution in [2.75, 3.05) is 0 Å². The van der Waals surface area contributed by atoms with Crippen LogP contribution < -0.4 is 0 Å². The Bertz CT molecular complexity index is 1290. The predicted octanol–water partition coefficient (Wildman–Crippen LogP) is 10.5. The van der Waals surface area contributed by atoms with Gasteiger partial charge >= 0.3 is 0 Å². The lowest BCUT2D eigenvalue weighted by atomic mass is 9.87. The van der Waals surface area contributed by atoms with Crippen LogP contribution >= 0.6 is 0 Å². The fourth-order valence-electron chi connectivity index (χ4n) is 8.99. The van der Waals surface area contributed by atoms with Crippen molar-refractivity contribution in [1.82, 2.24) is 35.3 Å². The van der Waals surface area contributed by atoms with Gasteiger partial charge in [0.15, 0.2) is 0 Å². The third-order valence-electron chi connectivity index (χ3n) is 11.7. The van der Waals surface area contributed by atoms with Crippen LogP contribution in [-0.2, 0) is 0 Å². The van der Waals surface area contributed by atoms with Gasteiger partial charge in [-0.15, -0.1) is 10.2 Å². The van der Waals surface area contributed by atoms with E-state index in [1.807, 2.05) is 12.1 Å². The van der Waals surface area contributed by atoms with Gasteiger partial charge in [0.2, 0.25) is 11.6 Å². The molecule has 3 heterocycles. The molecular weight excluding hydrogens is 566 g/mol. The first-order chi connectivity index (χ1) is 22.8. The van der Waals surface area contributed by atoms with Gasteiger partial charge in [-0.05, 0) is 63.5 Å². The highest BCUT2D eigenvalue weighted by Crippen LogP contribution is 2.40. The van der Waals surface area contributed by atoms with Gasteiger partial charge in [0.25, 0.3) is 0 Å². The van der Waals surface area contributed by atoms with Gasteiger partial charge in [0.1, 0.15) is 11.4 Å². The van der Waals surface area contributed by atoms with Crippen LogP contribution in [0.3, 0.4) is 0 Å². The molecule has 4 aliphatic rings. The fraction of sp³-hybridized carbons (Fsp3) is 0.718. The van der Waals surface area contributed by atoms with Crippen molar-refractivity contribution >= 4 is 0 Å². The zero-order valence-electron chi connectivity index (χ0n) is 28.1. The van der Waals surface area contributed by atoms with Crippen LogP contribution in [0.2, 0.25) is 0 Å². The van der Waals surface area contributed by atoms with E-state index in [4.69, 9.17) is 35.3 Å². The third-order valence-corrected chi connectivity index (χ3v) is 11.7. The maximum Gasteiger partial charge on any atom is 0.200 e. The minimum Gasteiger partial charge on any atom is -0.241 e. The zero-order chi connectivity index (χ0) is 31.0. The Morgan fingerprint density at radius 2 is 0.630 bits per heavy atom. The first kappa shape index (κ1) is 31.8. The Morgan fingerprint density at radius 3 is 0.957 bits per heavy atom. The fourth-order valence-corrected chi connectivity index (χ4v) is 8.99. The maximum absolute atomic E-state index is 5.34. The van der Waals surface area contributed by atoms with Gasteiger partial charge in [-0.25, -0.2) is 15.0 Å². The van der Waals surface area contributed by atoms with Gasteiger partial charge in [-0.1, -0.05) is 109 Å². The standard InChI is InChI=1S/C39H55N7/c1-2-10-19-28(18-9-1)34-36(30-22-13-5-6-14-23-30)43-45-38(41-34)32-26-17-27-33(40-32)39-42-35(29-20-11-3-4-12-21-29)37(44-46-39)31-24-15-7-8-16-25-31/h17,26-31H,1-16,18-25H2. The van der Waals surface area contributed by atoms with Gasteiger partial charge in [-0.3, -0.25) is 0 Å². The van der Waals surface area contributed by atoms with E-state index < -0.39 is 0 Å². The summed E-state index contributed by atoms with van der Waals surface area (Å²) in [5.41, 5.74) is 6.32. The van der Waals surface area contributed by atoms with Gasteiger partial charge in [0.05, 0.1) is 22.8 Å². The summed E-state index contributed by atoms with van der Waals surface area (Å²) in [6.07, 6.45) is 30.7. The maximum atomic E-state index is 5.34. The highest BCUT2D eigenvalue weighted by Gasteiger charge is 2.29. The van der Waals surface area contributed by atoms with Gasteiger partial charge < -0.3 is 0 Å². The van der Waals surface area contributed by atoms with E-state index in [9.17, 15) is 0 Å². The number of aromatic nitrogens is 7. The third kappa shape index (κ3) is 7.65. The molecule has 7 heteroatoms. The largest absolute Gasteiger partial charge is 0.241 e.